The summed E-state index contributed by atoms with van der Waals surface area (Å²) < 4.78 is 11.8. The summed E-state index contributed by atoms with van der Waals surface area (Å²) in [5, 5.41) is 0. The zero-order valence-corrected chi connectivity index (χ0v) is 19.8. The lowest BCUT2D eigenvalue weighted by Crippen LogP contribution is -2.37. The lowest BCUT2D eigenvalue weighted by Gasteiger charge is -2.42. The van der Waals surface area contributed by atoms with Crippen molar-refractivity contribution in [1.29, 1.82) is 0 Å². The summed E-state index contributed by atoms with van der Waals surface area (Å²) in [6.07, 6.45) is 4.29. The van der Waals surface area contributed by atoms with E-state index in [9.17, 15) is 14.4 Å². The smallest absolute Gasteiger partial charge is 0.255 e. The van der Waals surface area contributed by atoms with Crippen LogP contribution in [0.15, 0.2) is 34.7 Å². The van der Waals surface area contributed by atoms with Crippen molar-refractivity contribution < 1.29 is 23.9 Å². The number of primary amides is 1. The van der Waals surface area contributed by atoms with Gasteiger partial charge >= 0.3 is 0 Å². The van der Waals surface area contributed by atoms with Gasteiger partial charge in [0.15, 0.2) is 29.7 Å². The minimum absolute atomic E-state index is 0.103. The predicted molar refractivity (Wildman–Crippen MR) is 123 cm³/mol. The lowest BCUT2D eigenvalue weighted by atomic mass is 9.71. The first-order valence-corrected chi connectivity index (χ1v) is 11.5. The van der Waals surface area contributed by atoms with Gasteiger partial charge in [-0.2, -0.15) is 0 Å². The number of hydrogen-bond donors (Lipinski definition) is 1. The highest BCUT2D eigenvalue weighted by Crippen LogP contribution is 2.50. The van der Waals surface area contributed by atoms with Crippen molar-refractivity contribution in [3.05, 3.63) is 43.8 Å². The van der Waals surface area contributed by atoms with E-state index in [1.165, 1.54) is 7.11 Å². The first-order chi connectivity index (χ1) is 14.8. The molecule has 0 atom stereocenters. The zero-order chi connectivity index (χ0) is 22.3. The number of halogens is 1. The van der Waals surface area contributed by atoms with Gasteiger partial charge in [0.05, 0.1) is 10.7 Å². The van der Waals surface area contributed by atoms with Crippen LogP contribution in [0.25, 0.3) is 0 Å². The van der Waals surface area contributed by atoms with Crippen LogP contribution in [0.2, 0.25) is 0 Å². The molecule has 1 heterocycles. The molecule has 0 radical (unpaired) electrons. The van der Waals surface area contributed by atoms with Gasteiger partial charge in [-0.05, 0) is 66.0 Å². The number of carbonyl (C=O) groups excluding carboxylic acids is 3. The molecule has 8 heteroatoms. The van der Waals surface area contributed by atoms with Crippen molar-refractivity contribution in [2.24, 2.45) is 5.73 Å². The summed E-state index contributed by atoms with van der Waals surface area (Å²) in [7, 11) is 3.50. The molecule has 0 saturated carbocycles. The standard InChI is InChI=1S/C23H25IN2O5/c1-26-14-5-3-7-16(27)21(14)20(22-15(26)6-4-8-17(22)28)12-9-13(24)23(18(10-12)30-2)31-11-19(25)29/h9-10,20H,3-8,11H2,1-2H3,(H2,25,29). The largest absolute Gasteiger partial charge is 0.493 e. The van der Waals surface area contributed by atoms with Crippen molar-refractivity contribution in [1.82, 2.24) is 4.90 Å². The van der Waals surface area contributed by atoms with E-state index in [0.29, 0.717) is 24.3 Å². The highest BCUT2D eigenvalue weighted by Gasteiger charge is 2.42. The highest BCUT2D eigenvalue weighted by molar-refractivity contribution is 14.1. The fraction of sp³-hybridized carbons (Fsp3) is 0.435. The van der Waals surface area contributed by atoms with Crippen LogP contribution in [0.4, 0.5) is 0 Å². The summed E-state index contributed by atoms with van der Waals surface area (Å²) >= 11 is 2.12. The second-order valence-electron chi connectivity index (χ2n) is 8.06. The van der Waals surface area contributed by atoms with E-state index < -0.39 is 11.8 Å². The molecule has 31 heavy (non-hydrogen) atoms. The zero-order valence-electron chi connectivity index (χ0n) is 17.6. The molecule has 3 aliphatic rings. The number of amides is 1. The van der Waals surface area contributed by atoms with Crippen LogP contribution in [0.3, 0.4) is 0 Å². The molecule has 1 aromatic rings. The Morgan fingerprint density at radius 2 is 1.68 bits per heavy atom. The summed E-state index contributed by atoms with van der Waals surface area (Å²) in [6.45, 7) is -0.262. The maximum Gasteiger partial charge on any atom is 0.255 e. The second-order valence-corrected chi connectivity index (χ2v) is 9.22. The number of nitrogens with two attached hydrogens (primary N) is 1. The molecule has 0 unspecified atom stereocenters. The predicted octanol–water partition coefficient (Wildman–Crippen LogP) is 3.21. The highest BCUT2D eigenvalue weighted by atomic mass is 127. The Bertz CT molecular complexity index is 999. The minimum Gasteiger partial charge on any atom is -0.493 e. The van der Waals surface area contributed by atoms with Gasteiger partial charge in [0.1, 0.15) is 0 Å². The van der Waals surface area contributed by atoms with Gasteiger partial charge in [0, 0.05) is 48.3 Å². The van der Waals surface area contributed by atoms with Crippen LogP contribution < -0.4 is 15.2 Å². The minimum atomic E-state index is -0.581. The number of methoxy groups -OCH3 is 1. The van der Waals surface area contributed by atoms with Crippen molar-refractivity contribution in [3.8, 4) is 11.5 Å². The van der Waals surface area contributed by atoms with E-state index in [-0.39, 0.29) is 18.2 Å². The van der Waals surface area contributed by atoms with Crippen LogP contribution in [-0.2, 0) is 14.4 Å². The van der Waals surface area contributed by atoms with E-state index in [1.807, 2.05) is 19.2 Å². The number of nitrogens with zero attached hydrogens (tertiary/aromatic N) is 1. The second kappa shape index (κ2) is 8.64. The van der Waals surface area contributed by atoms with Crippen LogP contribution >= 0.6 is 22.6 Å². The SMILES string of the molecule is COc1cc(C2C3=C(CCCC3=O)N(C)C3=C2C(=O)CCC3)cc(I)c1OCC(N)=O. The van der Waals surface area contributed by atoms with Crippen molar-refractivity contribution >= 4 is 40.1 Å². The first kappa shape index (κ1) is 21.9. The Balaban J connectivity index is 1.89. The van der Waals surface area contributed by atoms with Crippen LogP contribution in [0, 0.1) is 3.57 Å². The molecule has 1 amide bonds. The number of benzene rings is 1. The monoisotopic (exact) mass is 536 g/mol. The molecule has 4 rings (SSSR count). The average Bonchev–Trinajstić information content (AvgIpc) is 2.73. The van der Waals surface area contributed by atoms with Crippen LogP contribution in [0.5, 0.6) is 11.5 Å². The van der Waals surface area contributed by atoms with Gasteiger partial charge in [0.25, 0.3) is 5.91 Å². The fourth-order valence-corrected chi connectivity index (χ4v) is 5.66. The summed E-state index contributed by atoms with van der Waals surface area (Å²) in [5.41, 5.74) is 9.55. The third kappa shape index (κ3) is 3.86. The molecule has 1 aromatic carbocycles. The van der Waals surface area contributed by atoms with Gasteiger partial charge in [-0.25, -0.2) is 0 Å². The number of carbonyl (C=O) groups is 3. The van der Waals surface area contributed by atoms with Crippen molar-refractivity contribution in [3.63, 3.8) is 0 Å². The molecule has 7 nitrogen and oxygen atoms in total. The van der Waals surface area contributed by atoms with Crippen LogP contribution in [-0.4, -0.2) is 43.1 Å². The van der Waals surface area contributed by atoms with E-state index in [0.717, 1.165) is 57.4 Å². The molecule has 0 aromatic heterocycles. The van der Waals surface area contributed by atoms with Gasteiger partial charge in [-0.1, -0.05) is 0 Å². The summed E-state index contributed by atoms with van der Waals surface area (Å²) in [5.74, 6) is 0.0822. The van der Waals surface area contributed by atoms with E-state index in [1.54, 1.807) is 0 Å². The van der Waals surface area contributed by atoms with Crippen molar-refractivity contribution in [2.45, 2.75) is 44.4 Å². The van der Waals surface area contributed by atoms with Gasteiger partial charge < -0.3 is 20.1 Å². The summed E-state index contributed by atoms with van der Waals surface area (Å²) in [4.78, 5) is 39.5. The van der Waals surface area contributed by atoms with E-state index in [2.05, 4.69) is 27.5 Å². The van der Waals surface area contributed by atoms with Crippen molar-refractivity contribution in [2.75, 3.05) is 20.8 Å². The molecule has 2 aliphatic carbocycles. The maximum atomic E-state index is 13.1. The van der Waals surface area contributed by atoms with Gasteiger partial charge in [-0.3, -0.25) is 14.4 Å². The average molecular weight is 536 g/mol. The Morgan fingerprint density at radius 1 is 1.10 bits per heavy atom. The molecule has 1 aliphatic heterocycles. The molecule has 0 bridgehead atoms. The maximum absolute atomic E-state index is 13.1. The quantitative estimate of drug-likeness (QED) is 0.581. The fourth-order valence-electron chi connectivity index (χ4n) is 4.88. The Kier molecular flexibility index (Phi) is 6.09. The van der Waals surface area contributed by atoms with Crippen LogP contribution in [0.1, 0.15) is 50.0 Å². The summed E-state index contributed by atoms with van der Waals surface area (Å²) in [6, 6.07) is 3.72. The van der Waals surface area contributed by atoms with E-state index in [4.69, 9.17) is 15.2 Å². The molecule has 2 N–H and O–H groups in total. The van der Waals surface area contributed by atoms with Gasteiger partial charge in [-0.15, -0.1) is 0 Å². The molecule has 0 fully saturated rings. The number of rotatable bonds is 5. The third-order valence-corrected chi connectivity index (χ3v) is 6.99. The number of Topliss-reactive ketones (excluding diaryl/α,β-unsaturated/α-hetero) is 2. The number of ether oxygens (including phenoxy) is 2. The molecule has 164 valence electrons. The number of hydrogen-bond acceptors (Lipinski definition) is 6. The number of ketones is 2. The number of allylic oxidation sites excluding steroid dienone is 4. The molecule has 0 saturated heterocycles. The Labute approximate surface area is 194 Å². The topological polar surface area (TPSA) is 98.9 Å². The molecular weight excluding hydrogens is 511 g/mol. The van der Waals surface area contributed by atoms with Gasteiger partial charge in [0.2, 0.25) is 0 Å². The third-order valence-electron chi connectivity index (χ3n) is 6.19. The Hall–Kier alpha value is -2.36. The normalized spacial score (nSPS) is 19.4. The molecule has 0 spiro atoms. The lowest BCUT2D eigenvalue weighted by molar-refractivity contribution is -0.120. The van der Waals surface area contributed by atoms with E-state index >= 15 is 0 Å². The molecular formula is C23H25IN2O5. The Morgan fingerprint density at radius 3 is 2.19 bits per heavy atom. The first-order valence-electron chi connectivity index (χ1n) is 10.4.